The second-order valence-electron chi connectivity index (χ2n) is 4.02. The summed E-state index contributed by atoms with van der Waals surface area (Å²) in [6.45, 7) is 3.65. The zero-order valence-corrected chi connectivity index (χ0v) is 10.6. The number of hydrogen-bond acceptors (Lipinski definition) is 2. The second-order valence-corrected chi connectivity index (χ2v) is 4.43. The molecule has 3 N–H and O–H groups in total. The van der Waals surface area contributed by atoms with Crippen molar-refractivity contribution in [3.63, 3.8) is 0 Å². The summed E-state index contributed by atoms with van der Waals surface area (Å²) in [4.78, 5) is 11.2. The minimum absolute atomic E-state index is 0.228. The Labute approximate surface area is 105 Å². The molecule has 1 amide bonds. The fourth-order valence-electron chi connectivity index (χ4n) is 1.36. The van der Waals surface area contributed by atoms with E-state index < -0.39 is 6.04 Å². The molecule has 0 fully saturated rings. The van der Waals surface area contributed by atoms with E-state index in [1.54, 1.807) is 19.9 Å². The maximum atomic E-state index is 13.3. The topological polar surface area (TPSA) is 55.1 Å². The van der Waals surface area contributed by atoms with Crippen LogP contribution >= 0.6 is 11.6 Å². The van der Waals surface area contributed by atoms with Gasteiger partial charge in [-0.1, -0.05) is 11.6 Å². The first kappa shape index (κ1) is 13.9. The number of nitrogens with two attached hydrogens (primary N) is 1. The molecule has 1 rings (SSSR count). The van der Waals surface area contributed by atoms with Crippen LogP contribution in [0.1, 0.15) is 18.1 Å². The van der Waals surface area contributed by atoms with Gasteiger partial charge in [0.2, 0.25) is 5.91 Å². The average Bonchev–Trinajstić information content (AvgIpc) is 2.25. The monoisotopic (exact) mass is 258 g/mol. The van der Waals surface area contributed by atoms with Crippen molar-refractivity contribution in [1.29, 1.82) is 0 Å². The predicted molar refractivity (Wildman–Crippen MR) is 66.5 cm³/mol. The molecule has 0 aliphatic carbocycles. The molecule has 0 radical (unpaired) electrons. The Hall–Kier alpha value is -1.13. The predicted octanol–water partition coefficient (Wildman–Crippen LogP) is 1.79. The summed E-state index contributed by atoms with van der Waals surface area (Å²) in [6.07, 6.45) is 0.481. The zero-order chi connectivity index (χ0) is 13.0. The van der Waals surface area contributed by atoms with E-state index >= 15 is 0 Å². The summed E-state index contributed by atoms with van der Waals surface area (Å²) < 4.78 is 13.3. The van der Waals surface area contributed by atoms with Gasteiger partial charge >= 0.3 is 0 Å². The van der Waals surface area contributed by atoms with Gasteiger partial charge in [0.05, 0.1) is 6.04 Å². The Morgan fingerprint density at radius 2 is 2.24 bits per heavy atom. The van der Waals surface area contributed by atoms with Crippen molar-refractivity contribution in [2.45, 2.75) is 26.3 Å². The smallest absolute Gasteiger partial charge is 0.236 e. The molecule has 0 heterocycles. The fraction of sp³-hybridized carbons (Fsp3) is 0.417. The quantitative estimate of drug-likeness (QED) is 0.865. The molecule has 0 aromatic heterocycles. The molecule has 0 saturated carbocycles. The molecular weight excluding hydrogens is 243 g/mol. The normalized spacial score (nSPS) is 12.3. The molecule has 1 aromatic rings. The second kappa shape index (κ2) is 5.98. The van der Waals surface area contributed by atoms with Crippen molar-refractivity contribution >= 4 is 17.5 Å². The van der Waals surface area contributed by atoms with Gasteiger partial charge in [0, 0.05) is 11.6 Å². The van der Waals surface area contributed by atoms with E-state index in [1.165, 1.54) is 6.07 Å². The molecule has 5 heteroatoms. The highest BCUT2D eigenvalue weighted by Crippen LogP contribution is 2.20. The fourth-order valence-corrected chi connectivity index (χ4v) is 1.67. The summed E-state index contributed by atoms with van der Waals surface area (Å²) in [5.74, 6) is -0.517. The van der Waals surface area contributed by atoms with Crippen molar-refractivity contribution in [1.82, 2.24) is 5.32 Å². The van der Waals surface area contributed by atoms with Crippen LogP contribution < -0.4 is 11.1 Å². The largest absolute Gasteiger partial charge is 0.354 e. The van der Waals surface area contributed by atoms with Gasteiger partial charge in [0.1, 0.15) is 5.82 Å². The number of amides is 1. The molecule has 3 nitrogen and oxygen atoms in total. The molecule has 17 heavy (non-hydrogen) atoms. The van der Waals surface area contributed by atoms with Gasteiger partial charge < -0.3 is 11.1 Å². The lowest BCUT2D eigenvalue weighted by molar-refractivity contribution is -0.121. The van der Waals surface area contributed by atoms with E-state index in [4.69, 9.17) is 17.3 Å². The van der Waals surface area contributed by atoms with Crippen LogP contribution in [-0.2, 0) is 11.2 Å². The van der Waals surface area contributed by atoms with Crippen molar-refractivity contribution in [2.24, 2.45) is 5.73 Å². The van der Waals surface area contributed by atoms with E-state index in [-0.39, 0.29) is 11.7 Å². The van der Waals surface area contributed by atoms with E-state index in [2.05, 4.69) is 5.32 Å². The first-order valence-electron chi connectivity index (χ1n) is 5.39. The van der Waals surface area contributed by atoms with Crippen molar-refractivity contribution in [3.05, 3.63) is 34.1 Å². The summed E-state index contributed by atoms with van der Waals surface area (Å²) in [6, 6.07) is 2.44. The van der Waals surface area contributed by atoms with Crippen LogP contribution in [0.2, 0.25) is 5.02 Å². The third-order valence-corrected chi connectivity index (χ3v) is 2.79. The first-order valence-corrected chi connectivity index (χ1v) is 5.77. The number of rotatable bonds is 4. The minimum Gasteiger partial charge on any atom is -0.354 e. The molecule has 1 aromatic carbocycles. The molecule has 1 unspecified atom stereocenters. The standard InChI is InChI=1S/C12H16ClFN2O/c1-7-5-10(13)9(6-11(7)14)3-4-16-12(17)8(2)15/h5-6,8H,3-4,15H2,1-2H3,(H,16,17). The number of aryl methyl sites for hydroxylation is 1. The molecule has 0 aliphatic heterocycles. The van der Waals surface area contributed by atoms with Crippen LogP contribution in [0.4, 0.5) is 4.39 Å². The minimum atomic E-state index is -0.541. The third kappa shape index (κ3) is 3.98. The number of carbonyl (C=O) groups is 1. The highest BCUT2D eigenvalue weighted by atomic mass is 35.5. The van der Waals surface area contributed by atoms with Gasteiger partial charge in [0.25, 0.3) is 0 Å². The average molecular weight is 259 g/mol. The summed E-state index contributed by atoms with van der Waals surface area (Å²) >= 11 is 5.98. The maximum absolute atomic E-state index is 13.3. The maximum Gasteiger partial charge on any atom is 0.236 e. The summed E-state index contributed by atoms with van der Waals surface area (Å²) in [5, 5.41) is 3.16. The summed E-state index contributed by atoms with van der Waals surface area (Å²) in [7, 11) is 0. The van der Waals surface area contributed by atoms with E-state index in [0.29, 0.717) is 29.1 Å². The van der Waals surface area contributed by atoms with Crippen LogP contribution in [0.15, 0.2) is 12.1 Å². The molecule has 0 spiro atoms. The van der Waals surface area contributed by atoms with Crippen LogP contribution in [-0.4, -0.2) is 18.5 Å². The van der Waals surface area contributed by atoms with Gasteiger partial charge in [-0.15, -0.1) is 0 Å². The van der Waals surface area contributed by atoms with E-state index in [0.717, 1.165) is 0 Å². The molecular formula is C12H16ClFN2O. The zero-order valence-electron chi connectivity index (χ0n) is 9.89. The number of hydrogen-bond donors (Lipinski definition) is 2. The molecule has 0 bridgehead atoms. The Kier molecular flexibility index (Phi) is 4.90. The Bertz CT molecular complexity index is 421. The van der Waals surface area contributed by atoms with Crippen LogP contribution in [0.5, 0.6) is 0 Å². The first-order chi connectivity index (χ1) is 7.91. The van der Waals surface area contributed by atoms with Crippen molar-refractivity contribution in [3.8, 4) is 0 Å². The number of carbonyl (C=O) groups excluding carboxylic acids is 1. The molecule has 94 valence electrons. The molecule has 1 atom stereocenters. The van der Waals surface area contributed by atoms with Crippen molar-refractivity contribution < 1.29 is 9.18 Å². The highest BCUT2D eigenvalue weighted by molar-refractivity contribution is 6.31. The highest BCUT2D eigenvalue weighted by Gasteiger charge is 2.08. The van der Waals surface area contributed by atoms with Gasteiger partial charge in [-0.3, -0.25) is 4.79 Å². The van der Waals surface area contributed by atoms with E-state index in [9.17, 15) is 9.18 Å². The molecule has 0 saturated heterocycles. The van der Waals surface area contributed by atoms with E-state index in [1.807, 2.05) is 0 Å². The molecule has 0 aliphatic rings. The van der Waals surface area contributed by atoms with Gasteiger partial charge in [0.15, 0.2) is 0 Å². The number of benzene rings is 1. The van der Waals surface area contributed by atoms with Crippen LogP contribution in [0.25, 0.3) is 0 Å². The Balaban J connectivity index is 2.58. The lowest BCUT2D eigenvalue weighted by atomic mass is 10.1. The lowest BCUT2D eigenvalue weighted by Crippen LogP contribution is -2.39. The Morgan fingerprint density at radius 3 is 2.82 bits per heavy atom. The van der Waals surface area contributed by atoms with Crippen LogP contribution in [0, 0.1) is 12.7 Å². The lowest BCUT2D eigenvalue weighted by Gasteiger charge is -2.09. The van der Waals surface area contributed by atoms with Gasteiger partial charge in [-0.25, -0.2) is 4.39 Å². The number of halogens is 2. The van der Waals surface area contributed by atoms with Gasteiger partial charge in [-0.2, -0.15) is 0 Å². The van der Waals surface area contributed by atoms with Gasteiger partial charge in [-0.05, 0) is 43.5 Å². The Morgan fingerprint density at radius 1 is 1.59 bits per heavy atom. The SMILES string of the molecule is Cc1cc(Cl)c(CCNC(=O)C(C)N)cc1F. The van der Waals surface area contributed by atoms with Crippen LogP contribution in [0.3, 0.4) is 0 Å². The summed E-state index contributed by atoms with van der Waals surface area (Å²) in [5.41, 5.74) is 6.58. The number of nitrogens with one attached hydrogen (secondary N) is 1. The third-order valence-electron chi connectivity index (χ3n) is 2.43. The van der Waals surface area contributed by atoms with Crippen molar-refractivity contribution in [2.75, 3.05) is 6.54 Å².